The zero-order valence-electron chi connectivity index (χ0n) is 19.5. The Balaban J connectivity index is 1.22. The number of nitrogens with zero attached hydrogens (tertiary/aromatic N) is 8. The zero-order valence-corrected chi connectivity index (χ0v) is 19.5. The summed E-state index contributed by atoms with van der Waals surface area (Å²) in [5.74, 6) is 2.66. The van der Waals surface area contributed by atoms with Crippen LogP contribution < -0.4 is 15.1 Å². The van der Waals surface area contributed by atoms with Gasteiger partial charge in [-0.25, -0.2) is 9.67 Å². The van der Waals surface area contributed by atoms with E-state index in [1.165, 1.54) is 5.56 Å². The van der Waals surface area contributed by atoms with E-state index in [4.69, 9.17) is 14.7 Å². The molecule has 10 nitrogen and oxygen atoms in total. The lowest BCUT2D eigenvalue weighted by Crippen LogP contribution is -2.33. The summed E-state index contributed by atoms with van der Waals surface area (Å²) in [4.78, 5) is 23.7. The lowest BCUT2D eigenvalue weighted by atomic mass is 10.0. The summed E-state index contributed by atoms with van der Waals surface area (Å²) in [6, 6.07) is 8.60. The predicted molar refractivity (Wildman–Crippen MR) is 133 cm³/mol. The summed E-state index contributed by atoms with van der Waals surface area (Å²) in [5.41, 5.74) is 4.22. The van der Waals surface area contributed by atoms with E-state index in [2.05, 4.69) is 53.1 Å². The molecule has 35 heavy (non-hydrogen) atoms. The molecule has 0 radical (unpaired) electrons. The molecule has 4 aromatic heterocycles. The zero-order chi connectivity index (χ0) is 23.2. The number of fused-ring (bicyclic) bond motifs is 3. The number of hydrogen-bond acceptors (Lipinski definition) is 9. The largest absolute Gasteiger partial charge is 0.379 e. The van der Waals surface area contributed by atoms with Gasteiger partial charge in [-0.2, -0.15) is 15.1 Å². The van der Waals surface area contributed by atoms with Gasteiger partial charge in [0, 0.05) is 57.2 Å². The van der Waals surface area contributed by atoms with Crippen molar-refractivity contribution in [3.05, 3.63) is 54.1 Å². The Kier molecular flexibility index (Phi) is 4.97. The van der Waals surface area contributed by atoms with Gasteiger partial charge in [-0.1, -0.05) is 0 Å². The third-order valence-corrected chi connectivity index (χ3v) is 7.07. The fraction of sp³-hybridized carbons (Fsp3) is 0.400. The van der Waals surface area contributed by atoms with E-state index in [-0.39, 0.29) is 6.04 Å². The van der Waals surface area contributed by atoms with Gasteiger partial charge in [0.15, 0.2) is 5.65 Å². The van der Waals surface area contributed by atoms with E-state index in [1.54, 1.807) is 6.20 Å². The van der Waals surface area contributed by atoms with Gasteiger partial charge in [-0.15, -0.1) is 0 Å². The lowest BCUT2D eigenvalue weighted by Gasteiger charge is -2.33. The molecule has 0 aromatic carbocycles. The summed E-state index contributed by atoms with van der Waals surface area (Å²) in [6.07, 6.45) is 8.57. The molecule has 3 aliphatic rings. The van der Waals surface area contributed by atoms with Gasteiger partial charge in [-0.3, -0.25) is 4.98 Å². The van der Waals surface area contributed by atoms with E-state index in [0.29, 0.717) is 18.2 Å². The quantitative estimate of drug-likeness (QED) is 0.484. The van der Waals surface area contributed by atoms with Gasteiger partial charge in [0.2, 0.25) is 5.95 Å². The van der Waals surface area contributed by atoms with Crippen molar-refractivity contribution >= 4 is 34.3 Å². The van der Waals surface area contributed by atoms with Gasteiger partial charge >= 0.3 is 0 Å². The highest BCUT2D eigenvalue weighted by Crippen LogP contribution is 2.33. The van der Waals surface area contributed by atoms with Crippen LogP contribution >= 0.6 is 0 Å². The fourth-order valence-corrected chi connectivity index (χ4v) is 5.31. The molecule has 178 valence electrons. The van der Waals surface area contributed by atoms with Crippen molar-refractivity contribution in [2.45, 2.75) is 38.4 Å². The molecule has 1 atom stereocenters. The minimum atomic E-state index is 0.232. The Morgan fingerprint density at radius 1 is 1.06 bits per heavy atom. The molecule has 0 aliphatic carbocycles. The monoisotopic (exact) mass is 469 g/mol. The van der Waals surface area contributed by atoms with Crippen LogP contribution in [0.2, 0.25) is 0 Å². The van der Waals surface area contributed by atoms with Crippen LogP contribution in [-0.2, 0) is 24.2 Å². The van der Waals surface area contributed by atoms with E-state index < -0.39 is 0 Å². The Morgan fingerprint density at radius 3 is 3.00 bits per heavy atom. The first-order valence-electron chi connectivity index (χ1n) is 12.3. The predicted octanol–water partition coefficient (Wildman–Crippen LogP) is 2.92. The molecule has 7 rings (SSSR count). The molecule has 7 heterocycles. The summed E-state index contributed by atoms with van der Waals surface area (Å²) < 4.78 is 7.59. The average molecular weight is 470 g/mol. The highest BCUT2D eigenvalue weighted by molar-refractivity contribution is 5.88. The maximum Gasteiger partial charge on any atom is 0.227 e. The fourth-order valence-electron chi connectivity index (χ4n) is 5.31. The van der Waals surface area contributed by atoms with Crippen LogP contribution in [0.25, 0.3) is 11.0 Å². The summed E-state index contributed by atoms with van der Waals surface area (Å²) in [6.45, 7) is 4.98. The Hall–Kier alpha value is -3.79. The van der Waals surface area contributed by atoms with E-state index in [0.717, 1.165) is 80.5 Å². The second-order valence-electron chi connectivity index (χ2n) is 9.34. The van der Waals surface area contributed by atoms with Crippen molar-refractivity contribution in [2.24, 2.45) is 0 Å². The van der Waals surface area contributed by atoms with Crippen molar-refractivity contribution in [1.82, 2.24) is 29.7 Å². The molecule has 3 aliphatic heterocycles. The average Bonchev–Trinajstić information content (AvgIpc) is 3.59. The Labute approximate surface area is 203 Å². The molecule has 10 heteroatoms. The first-order chi connectivity index (χ1) is 17.3. The molecule has 0 bridgehead atoms. The summed E-state index contributed by atoms with van der Waals surface area (Å²) in [7, 11) is 0. The van der Waals surface area contributed by atoms with Gasteiger partial charge in [0.05, 0.1) is 36.1 Å². The molecule has 1 fully saturated rings. The summed E-state index contributed by atoms with van der Waals surface area (Å²) in [5, 5.41) is 8.87. The molecule has 0 amide bonds. The van der Waals surface area contributed by atoms with E-state index >= 15 is 0 Å². The maximum absolute atomic E-state index is 5.52. The Morgan fingerprint density at radius 2 is 2.06 bits per heavy atom. The SMILES string of the molecule is c1cnc2nc(NC3CCOC3)nc(N3CCc4ncc(N5CCCn6nccc65)cc4C3)c2c1. The number of hydrogen-bond donors (Lipinski definition) is 1. The second-order valence-corrected chi connectivity index (χ2v) is 9.34. The third-order valence-electron chi connectivity index (χ3n) is 7.07. The van der Waals surface area contributed by atoms with Crippen LogP contribution in [0.4, 0.5) is 23.3 Å². The highest BCUT2D eigenvalue weighted by Gasteiger charge is 2.25. The van der Waals surface area contributed by atoms with Crippen LogP contribution in [0.15, 0.2) is 42.9 Å². The first-order valence-corrected chi connectivity index (χ1v) is 12.3. The molecule has 1 unspecified atom stereocenters. The number of aryl methyl sites for hydroxylation is 1. The van der Waals surface area contributed by atoms with Crippen molar-refractivity contribution in [1.29, 1.82) is 0 Å². The Bertz CT molecular complexity index is 1380. The number of aromatic nitrogens is 6. The van der Waals surface area contributed by atoms with Crippen LogP contribution in [0.3, 0.4) is 0 Å². The van der Waals surface area contributed by atoms with Crippen LogP contribution in [-0.4, -0.2) is 62.1 Å². The van der Waals surface area contributed by atoms with E-state index in [9.17, 15) is 0 Å². The molecule has 1 saturated heterocycles. The number of nitrogens with one attached hydrogen (secondary N) is 1. The smallest absolute Gasteiger partial charge is 0.227 e. The van der Waals surface area contributed by atoms with Gasteiger partial charge in [0.1, 0.15) is 11.6 Å². The number of anilines is 4. The van der Waals surface area contributed by atoms with Crippen LogP contribution in [0.1, 0.15) is 24.1 Å². The van der Waals surface area contributed by atoms with Gasteiger partial charge in [0.25, 0.3) is 0 Å². The van der Waals surface area contributed by atoms with E-state index in [1.807, 2.05) is 18.5 Å². The minimum Gasteiger partial charge on any atom is -0.379 e. The maximum atomic E-state index is 5.52. The first kappa shape index (κ1) is 20.6. The topological polar surface area (TPSA) is 97.1 Å². The number of pyridine rings is 2. The lowest BCUT2D eigenvalue weighted by molar-refractivity contribution is 0.195. The van der Waals surface area contributed by atoms with Crippen molar-refractivity contribution in [2.75, 3.05) is 41.4 Å². The third kappa shape index (κ3) is 3.74. The number of rotatable bonds is 4. The molecule has 0 spiro atoms. The highest BCUT2D eigenvalue weighted by atomic mass is 16.5. The normalized spacial score (nSPS) is 19.6. The van der Waals surface area contributed by atoms with Crippen molar-refractivity contribution < 1.29 is 4.74 Å². The minimum absolute atomic E-state index is 0.232. The molecule has 0 saturated carbocycles. The number of ether oxygens (including phenoxy) is 1. The van der Waals surface area contributed by atoms with Gasteiger partial charge in [-0.05, 0) is 36.6 Å². The van der Waals surface area contributed by atoms with Crippen LogP contribution in [0, 0.1) is 0 Å². The van der Waals surface area contributed by atoms with Crippen LogP contribution in [0.5, 0.6) is 0 Å². The molecule has 4 aromatic rings. The molecular formula is C25H27N9O. The molecule has 1 N–H and O–H groups in total. The van der Waals surface area contributed by atoms with Crippen molar-refractivity contribution in [3.8, 4) is 0 Å². The van der Waals surface area contributed by atoms with Crippen molar-refractivity contribution in [3.63, 3.8) is 0 Å². The standard InChI is InChI=1S/C25H27N9O/c1-3-20-23(26-7-1)30-25(29-18-6-12-35-16-18)31-24(20)32-11-5-21-17(15-32)13-19(14-27-21)33-9-2-10-34-22(33)4-8-28-34/h1,3-4,7-8,13-14,18H,2,5-6,9-12,15-16H2,(H,26,29,30,31). The van der Waals surface area contributed by atoms with Gasteiger partial charge < -0.3 is 19.9 Å². The molecular weight excluding hydrogens is 442 g/mol. The second kappa shape index (κ2) is 8.46. The summed E-state index contributed by atoms with van der Waals surface area (Å²) >= 11 is 0.